The van der Waals surface area contributed by atoms with E-state index in [1.807, 2.05) is 34.1 Å². The van der Waals surface area contributed by atoms with Gasteiger partial charge in [-0.25, -0.2) is 0 Å². The zero-order chi connectivity index (χ0) is 22.0. The first kappa shape index (κ1) is 24.7. The molecular weight excluding hydrogens is 451 g/mol. The summed E-state index contributed by atoms with van der Waals surface area (Å²) in [5.41, 5.74) is 25.7. The predicted molar refractivity (Wildman–Crippen MR) is 131 cm³/mol. The number of benzene rings is 1. The van der Waals surface area contributed by atoms with Gasteiger partial charge in [0.05, 0.1) is 0 Å². The molecule has 12 heteroatoms. The van der Waals surface area contributed by atoms with Crippen LogP contribution in [-0.2, 0) is 6.54 Å². The third kappa shape index (κ3) is 6.09. The molecule has 2 aromatic rings. The van der Waals surface area contributed by atoms with Crippen LogP contribution in [0.2, 0.25) is 5.02 Å². The second-order valence-electron chi connectivity index (χ2n) is 8.53. The van der Waals surface area contributed by atoms with Crippen molar-refractivity contribution in [3.05, 3.63) is 34.9 Å². The molecule has 0 amide bonds. The Bertz CT molecular complexity index is 836. The van der Waals surface area contributed by atoms with E-state index in [9.17, 15) is 0 Å². The molecule has 0 unspecified atom stereocenters. The minimum absolute atomic E-state index is 0. The number of rotatable bonds is 5. The van der Waals surface area contributed by atoms with E-state index in [0.717, 1.165) is 18.4 Å². The number of nitrogens with one attached hydrogen (secondary N) is 1. The first-order valence-corrected chi connectivity index (χ1v) is 11.0. The zero-order valence-corrected chi connectivity index (χ0v) is 19.5. The predicted octanol–water partition coefficient (Wildman–Crippen LogP) is 0.288. The molecule has 176 valence electrons. The van der Waals surface area contributed by atoms with Gasteiger partial charge in [0.2, 0.25) is 17.8 Å². The third-order valence-corrected chi connectivity index (χ3v) is 5.97. The van der Waals surface area contributed by atoms with Crippen LogP contribution in [0.5, 0.6) is 0 Å². The Morgan fingerprint density at radius 3 is 1.75 bits per heavy atom. The van der Waals surface area contributed by atoms with Crippen LogP contribution < -0.4 is 38.1 Å². The summed E-state index contributed by atoms with van der Waals surface area (Å²) in [5, 5.41) is 3.97. The maximum atomic E-state index is 6.30. The molecule has 0 spiro atoms. The average Bonchev–Trinajstić information content (AvgIpc) is 2.71. The number of aromatic nitrogens is 3. The summed E-state index contributed by atoms with van der Waals surface area (Å²) in [4.78, 5) is 18.1. The lowest BCUT2D eigenvalue weighted by molar-refractivity contribution is 0.441. The minimum Gasteiger partial charge on any atom is -0.350 e. The van der Waals surface area contributed by atoms with Gasteiger partial charge in [-0.15, -0.1) is 12.4 Å². The summed E-state index contributed by atoms with van der Waals surface area (Å²) in [5.74, 6) is 1.55. The maximum Gasteiger partial charge on any atom is 0.232 e. The van der Waals surface area contributed by atoms with E-state index in [1.54, 1.807) is 0 Å². The Morgan fingerprint density at radius 1 is 0.812 bits per heavy atom. The lowest BCUT2D eigenvalue weighted by Crippen LogP contribution is -2.54. The molecule has 1 aromatic heterocycles. The largest absolute Gasteiger partial charge is 0.350 e. The molecule has 2 aliphatic heterocycles. The van der Waals surface area contributed by atoms with Gasteiger partial charge in [0.1, 0.15) is 0 Å². The molecular formula is C20H32Cl2N10. The van der Waals surface area contributed by atoms with E-state index in [1.165, 1.54) is 0 Å². The highest BCUT2D eigenvalue weighted by Crippen LogP contribution is 2.23. The number of nitrogens with two attached hydrogens (primary N) is 4. The van der Waals surface area contributed by atoms with Gasteiger partial charge >= 0.3 is 0 Å². The molecule has 0 saturated carbocycles. The van der Waals surface area contributed by atoms with Crippen molar-refractivity contribution in [1.82, 2.24) is 15.0 Å². The van der Waals surface area contributed by atoms with E-state index < -0.39 is 0 Å². The lowest BCUT2D eigenvalue weighted by atomic mass is 10.0. The highest BCUT2D eigenvalue weighted by molar-refractivity contribution is 6.31. The smallest absolute Gasteiger partial charge is 0.232 e. The highest BCUT2D eigenvalue weighted by atomic mass is 35.5. The Hall–Kier alpha value is -1.95. The molecule has 1 aromatic carbocycles. The number of hydrogen-bond donors (Lipinski definition) is 5. The van der Waals surface area contributed by atoms with Gasteiger partial charge in [0.25, 0.3) is 0 Å². The monoisotopic (exact) mass is 482 g/mol. The Labute approximate surface area is 199 Å². The van der Waals surface area contributed by atoms with Crippen molar-refractivity contribution in [2.75, 3.05) is 41.3 Å². The molecule has 2 fully saturated rings. The number of piperidine rings is 2. The molecule has 2 saturated heterocycles. The zero-order valence-electron chi connectivity index (χ0n) is 17.9. The SMILES string of the molecule is Cl.N[C@@H]1C[C@H](N)CN(c2nc(NCc3ccccc3Cl)nc(N3C[C@H](N)C[C@H](N)C3)n2)C1. The van der Waals surface area contributed by atoms with Crippen molar-refractivity contribution in [3.63, 3.8) is 0 Å². The molecule has 0 radical (unpaired) electrons. The topological polar surface area (TPSA) is 161 Å². The molecule has 32 heavy (non-hydrogen) atoms. The van der Waals surface area contributed by atoms with Crippen molar-refractivity contribution < 1.29 is 0 Å². The molecule has 0 bridgehead atoms. The van der Waals surface area contributed by atoms with Crippen molar-refractivity contribution >= 4 is 41.9 Å². The number of nitrogens with zero attached hydrogens (tertiary/aromatic N) is 5. The van der Waals surface area contributed by atoms with Gasteiger partial charge < -0.3 is 38.1 Å². The summed E-state index contributed by atoms with van der Waals surface area (Å²) in [6.45, 7) is 3.04. The van der Waals surface area contributed by atoms with Crippen LogP contribution in [0.15, 0.2) is 24.3 Å². The van der Waals surface area contributed by atoms with Gasteiger partial charge in [-0.05, 0) is 24.5 Å². The molecule has 0 aliphatic carbocycles. The third-order valence-electron chi connectivity index (χ3n) is 5.60. The van der Waals surface area contributed by atoms with E-state index in [0.29, 0.717) is 55.6 Å². The summed E-state index contributed by atoms with van der Waals surface area (Å²) in [7, 11) is 0. The standard InChI is InChI=1S/C20H31ClN10.ClH/c21-17-4-2-1-3-12(17)7-26-18-27-19(30-8-13(22)5-14(23)9-30)29-20(28-18)31-10-15(24)6-16(25)11-31;/h1-4,13-16H,5-11,22-25H2,(H,26,27,28,29);1H/t13-,14+,15-,16+;. The summed E-state index contributed by atoms with van der Waals surface area (Å²) in [6.07, 6.45) is 1.56. The van der Waals surface area contributed by atoms with Crippen LogP contribution in [-0.4, -0.2) is 65.3 Å². The van der Waals surface area contributed by atoms with Crippen molar-refractivity contribution in [2.45, 2.75) is 43.6 Å². The lowest BCUT2D eigenvalue weighted by Gasteiger charge is -2.37. The van der Waals surface area contributed by atoms with Crippen LogP contribution in [0.1, 0.15) is 18.4 Å². The van der Waals surface area contributed by atoms with Gasteiger partial charge in [0, 0.05) is 61.9 Å². The quantitative estimate of drug-likeness (QED) is 0.400. The second-order valence-corrected chi connectivity index (χ2v) is 8.93. The van der Waals surface area contributed by atoms with Gasteiger partial charge in [-0.1, -0.05) is 29.8 Å². The minimum atomic E-state index is -0.0275. The van der Waals surface area contributed by atoms with Crippen LogP contribution >= 0.6 is 24.0 Å². The fraction of sp³-hybridized carbons (Fsp3) is 0.550. The van der Waals surface area contributed by atoms with Gasteiger partial charge in [-0.3, -0.25) is 0 Å². The molecule has 9 N–H and O–H groups in total. The average molecular weight is 483 g/mol. The van der Waals surface area contributed by atoms with Crippen molar-refractivity contribution in [2.24, 2.45) is 22.9 Å². The van der Waals surface area contributed by atoms with Gasteiger partial charge in [-0.2, -0.15) is 15.0 Å². The summed E-state index contributed by atoms with van der Waals surface area (Å²) >= 11 is 6.30. The van der Waals surface area contributed by atoms with Crippen LogP contribution in [0.4, 0.5) is 17.8 Å². The Kier molecular flexibility index (Phi) is 8.32. The fourth-order valence-electron chi connectivity index (χ4n) is 4.22. The van der Waals surface area contributed by atoms with Crippen LogP contribution in [0, 0.1) is 0 Å². The maximum absolute atomic E-state index is 6.30. The van der Waals surface area contributed by atoms with E-state index in [2.05, 4.69) is 15.3 Å². The summed E-state index contributed by atoms with van der Waals surface area (Å²) < 4.78 is 0. The molecule has 4 atom stereocenters. The van der Waals surface area contributed by atoms with E-state index in [4.69, 9.17) is 39.5 Å². The molecule has 3 heterocycles. The Balaban J connectivity index is 0.00000289. The first-order chi connectivity index (χ1) is 14.9. The van der Waals surface area contributed by atoms with Crippen LogP contribution in [0.3, 0.4) is 0 Å². The van der Waals surface area contributed by atoms with Crippen molar-refractivity contribution in [3.8, 4) is 0 Å². The molecule has 4 rings (SSSR count). The second kappa shape index (κ2) is 10.8. The first-order valence-electron chi connectivity index (χ1n) is 10.6. The molecule has 2 aliphatic rings. The fourth-order valence-corrected chi connectivity index (χ4v) is 4.42. The van der Waals surface area contributed by atoms with Crippen LogP contribution in [0.25, 0.3) is 0 Å². The van der Waals surface area contributed by atoms with E-state index in [-0.39, 0.29) is 36.6 Å². The van der Waals surface area contributed by atoms with Crippen molar-refractivity contribution in [1.29, 1.82) is 0 Å². The Morgan fingerprint density at radius 2 is 1.28 bits per heavy atom. The number of anilines is 3. The normalized spacial score (nSPS) is 25.9. The number of halogens is 2. The number of hydrogen-bond acceptors (Lipinski definition) is 10. The van der Waals surface area contributed by atoms with E-state index >= 15 is 0 Å². The molecule has 10 nitrogen and oxygen atoms in total. The summed E-state index contributed by atoms with van der Waals surface area (Å²) in [6, 6.07) is 7.55. The highest BCUT2D eigenvalue weighted by Gasteiger charge is 2.28. The van der Waals surface area contributed by atoms with Gasteiger partial charge in [0.15, 0.2) is 0 Å².